The van der Waals surface area contributed by atoms with Crippen LogP contribution in [0.5, 0.6) is 0 Å². The predicted molar refractivity (Wildman–Crippen MR) is 65.8 cm³/mol. The van der Waals surface area contributed by atoms with Crippen molar-refractivity contribution in [3.8, 4) is 6.07 Å². The molecule has 0 aliphatic rings. The molecule has 0 amide bonds. The van der Waals surface area contributed by atoms with Crippen molar-refractivity contribution in [3.63, 3.8) is 0 Å². The number of alkyl halides is 2. The monoisotopic (exact) mass is 267 g/mol. The zero-order valence-electron chi connectivity index (χ0n) is 9.84. The zero-order chi connectivity index (χ0) is 12.4. The van der Waals surface area contributed by atoms with Gasteiger partial charge in [0.15, 0.2) is 6.29 Å². The van der Waals surface area contributed by atoms with E-state index < -0.39 is 0 Å². The molecule has 0 aromatic carbocycles. The lowest BCUT2D eigenvalue weighted by molar-refractivity contribution is -0.194. The molecule has 0 aliphatic carbocycles. The topological polar surface area (TPSA) is 42.2 Å². The third kappa shape index (κ3) is 6.55. The first-order valence-electron chi connectivity index (χ1n) is 5.30. The van der Waals surface area contributed by atoms with Gasteiger partial charge in [0.05, 0.1) is 19.3 Å². The van der Waals surface area contributed by atoms with E-state index in [1.807, 2.05) is 13.8 Å². The van der Waals surface area contributed by atoms with Crippen molar-refractivity contribution >= 4 is 23.2 Å². The fourth-order valence-electron chi connectivity index (χ4n) is 1.30. The van der Waals surface area contributed by atoms with Crippen LogP contribution in [-0.4, -0.2) is 31.3 Å². The third-order valence-corrected chi connectivity index (χ3v) is 2.52. The maximum Gasteiger partial charge on any atom is 0.162 e. The van der Waals surface area contributed by atoms with Gasteiger partial charge in [-0.2, -0.15) is 5.26 Å². The number of halogens is 2. The van der Waals surface area contributed by atoms with E-state index in [1.165, 1.54) is 0 Å². The lowest BCUT2D eigenvalue weighted by atomic mass is 9.87. The van der Waals surface area contributed by atoms with Crippen molar-refractivity contribution in [2.24, 2.45) is 5.41 Å². The van der Waals surface area contributed by atoms with Crippen LogP contribution in [0, 0.1) is 16.7 Å². The molecule has 0 aromatic heterocycles. The van der Waals surface area contributed by atoms with Crippen LogP contribution < -0.4 is 0 Å². The minimum absolute atomic E-state index is 0.214. The fraction of sp³-hybridized carbons (Fsp3) is 0.909. The second kappa shape index (κ2) is 9.07. The summed E-state index contributed by atoms with van der Waals surface area (Å²) in [6, 6.07) is 2.13. The SMILES string of the molecule is CC(C)(CCC#N)C(OCCCl)OCCCl. The molecule has 0 saturated heterocycles. The van der Waals surface area contributed by atoms with Crippen LogP contribution >= 0.6 is 23.2 Å². The van der Waals surface area contributed by atoms with Crippen LogP contribution in [0.3, 0.4) is 0 Å². The van der Waals surface area contributed by atoms with E-state index in [1.54, 1.807) is 0 Å². The minimum atomic E-state index is -0.363. The Morgan fingerprint density at radius 2 is 1.69 bits per heavy atom. The van der Waals surface area contributed by atoms with Gasteiger partial charge in [0.1, 0.15) is 0 Å². The molecule has 0 saturated carbocycles. The van der Waals surface area contributed by atoms with Gasteiger partial charge >= 0.3 is 0 Å². The Morgan fingerprint density at radius 3 is 2.06 bits per heavy atom. The molecule has 0 unspecified atom stereocenters. The summed E-state index contributed by atoms with van der Waals surface area (Å²) in [7, 11) is 0. The normalized spacial score (nSPS) is 11.8. The van der Waals surface area contributed by atoms with Crippen molar-refractivity contribution in [3.05, 3.63) is 0 Å². The molecule has 0 aromatic rings. The van der Waals surface area contributed by atoms with E-state index in [0.717, 1.165) is 6.42 Å². The molecule has 0 bridgehead atoms. The van der Waals surface area contributed by atoms with E-state index >= 15 is 0 Å². The summed E-state index contributed by atoms with van der Waals surface area (Å²) in [5.74, 6) is 0.851. The van der Waals surface area contributed by atoms with Crippen molar-refractivity contribution in [2.45, 2.75) is 33.0 Å². The molecule has 94 valence electrons. The number of nitrogens with zero attached hydrogens (tertiary/aromatic N) is 1. The summed E-state index contributed by atoms with van der Waals surface area (Å²) < 4.78 is 11.1. The molecule has 0 atom stereocenters. The van der Waals surface area contributed by atoms with Gasteiger partial charge in [-0.05, 0) is 6.42 Å². The summed E-state index contributed by atoms with van der Waals surface area (Å²) >= 11 is 11.2. The van der Waals surface area contributed by atoms with Crippen LogP contribution in [0.2, 0.25) is 0 Å². The largest absolute Gasteiger partial charge is 0.351 e. The Hall–Kier alpha value is -0.0100. The Bertz CT molecular complexity index is 209. The molecule has 0 heterocycles. The van der Waals surface area contributed by atoms with Gasteiger partial charge in [-0.15, -0.1) is 23.2 Å². The first-order valence-corrected chi connectivity index (χ1v) is 6.37. The fourth-order valence-corrected chi connectivity index (χ4v) is 1.48. The molecular formula is C11H19Cl2NO2. The summed E-state index contributed by atoms with van der Waals surface area (Å²) in [5.41, 5.74) is -0.214. The summed E-state index contributed by atoms with van der Waals surface area (Å²) in [4.78, 5) is 0. The summed E-state index contributed by atoms with van der Waals surface area (Å²) in [6.45, 7) is 4.89. The Balaban J connectivity index is 4.27. The maximum absolute atomic E-state index is 8.59. The molecule has 0 rings (SSSR count). The highest BCUT2D eigenvalue weighted by Crippen LogP contribution is 2.29. The smallest absolute Gasteiger partial charge is 0.162 e. The highest BCUT2D eigenvalue weighted by Gasteiger charge is 2.30. The number of nitriles is 1. The van der Waals surface area contributed by atoms with Crippen molar-refractivity contribution in [1.29, 1.82) is 5.26 Å². The van der Waals surface area contributed by atoms with E-state index in [9.17, 15) is 0 Å². The third-order valence-electron chi connectivity index (χ3n) is 2.21. The zero-order valence-corrected chi connectivity index (χ0v) is 11.4. The van der Waals surface area contributed by atoms with Gasteiger partial charge in [-0.1, -0.05) is 13.8 Å². The minimum Gasteiger partial charge on any atom is -0.351 e. The average Bonchev–Trinajstić information content (AvgIpc) is 2.26. The highest BCUT2D eigenvalue weighted by molar-refractivity contribution is 6.18. The molecular weight excluding hydrogens is 249 g/mol. The van der Waals surface area contributed by atoms with Crippen LogP contribution in [0.4, 0.5) is 0 Å². The van der Waals surface area contributed by atoms with E-state index in [0.29, 0.717) is 31.4 Å². The van der Waals surface area contributed by atoms with E-state index in [4.69, 9.17) is 37.9 Å². The number of hydrogen-bond donors (Lipinski definition) is 0. The Kier molecular flexibility index (Phi) is 9.06. The lowest BCUT2D eigenvalue weighted by Crippen LogP contribution is -2.35. The second-order valence-electron chi connectivity index (χ2n) is 4.10. The first-order chi connectivity index (χ1) is 7.58. The summed E-state index contributed by atoms with van der Waals surface area (Å²) in [5, 5.41) is 8.59. The van der Waals surface area contributed by atoms with Gasteiger partial charge < -0.3 is 9.47 Å². The van der Waals surface area contributed by atoms with Crippen LogP contribution in [0.1, 0.15) is 26.7 Å². The van der Waals surface area contributed by atoms with Gasteiger partial charge in [0, 0.05) is 23.6 Å². The first kappa shape index (κ1) is 16.0. The average molecular weight is 268 g/mol. The number of hydrogen-bond acceptors (Lipinski definition) is 3. The predicted octanol–water partition coefficient (Wildman–Crippen LogP) is 3.15. The Morgan fingerprint density at radius 1 is 1.19 bits per heavy atom. The summed E-state index contributed by atoms with van der Waals surface area (Å²) in [6.07, 6.45) is 0.842. The quantitative estimate of drug-likeness (QED) is 0.476. The maximum atomic E-state index is 8.59. The molecule has 0 radical (unpaired) electrons. The van der Waals surface area contributed by atoms with Crippen molar-refractivity contribution in [1.82, 2.24) is 0 Å². The molecule has 0 N–H and O–H groups in total. The van der Waals surface area contributed by atoms with Gasteiger partial charge in [0.25, 0.3) is 0 Å². The van der Waals surface area contributed by atoms with Crippen molar-refractivity contribution in [2.75, 3.05) is 25.0 Å². The van der Waals surface area contributed by atoms with Gasteiger partial charge in [-0.25, -0.2) is 0 Å². The molecule has 16 heavy (non-hydrogen) atoms. The molecule has 5 heteroatoms. The number of rotatable bonds is 9. The van der Waals surface area contributed by atoms with Gasteiger partial charge in [0.2, 0.25) is 0 Å². The lowest BCUT2D eigenvalue weighted by Gasteiger charge is -2.33. The Labute approximate surface area is 108 Å². The van der Waals surface area contributed by atoms with Gasteiger partial charge in [-0.3, -0.25) is 0 Å². The van der Waals surface area contributed by atoms with Crippen molar-refractivity contribution < 1.29 is 9.47 Å². The van der Waals surface area contributed by atoms with E-state index in [-0.39, 0.29) is 11.7 Å². The van der Waals surface area contributed by atoms with Crippen LogP contribution in [0.25, 0.3) is 0 Å². The molecule has 3 nitrogen and oxygen atoms in total. The molecule has 0 aliphatic heterocycles. The standard InChI is InChI=1S/C11H19Cl2NO2/c1-11(2,4-3-7-14)10(15-8-5-12)16-9-6-13/h10H,3-6,8-9H2,1-2H3. The second-order valence-corrected chi connectivity index (χ2v) is 4.85. The van der Waals surface area contributed by atoms with Crippen LogP contribution in [0.15, 0.2) is 0 Å². The molecule has 0 fully saturated rings. The molecule has 0 spiro atoms. The van der Waals surface area contributed by atoms with Crippen LogP contribution in [-0.2, 0) is 9.47 Å². The van der Waals surface area contributed by atoms with E-state index in [2.05, 4.69) is 6.07 Å². The number of ether oxygens (including phenoxy) is 2. The highest BCUT2D eigenvalue weighted by atomic mass is 35.5.